The van der Waals surface area contributed by atoms with Crippen LogP contribution in [-0.4, -0.2) is 38.2 Å². The fourth-order valence-electron chi connectivity index (χ4n) is 2.83. The van der Waals surface area contributed by atoms with Crippen molar-refractivity contribution >= 4 is 22.4 Å². The predicted molar refractivity (Wildman–Crippen MR) is 85.5 cm³/mol. The maximum atomic E-state index is 12.8. The van der Waals surface area contributed by atoms with Crippen LogP contribution in [0.1, 0.15) is 19.8 Å². The molecule has 1 saturated heterocycles. The van der Waals surface area contributed by atoms with Gasteiger partial charge in [-0.2, -0.15) is 4.31 Å². The number of nitrogens with zero attached hydrogens (tertiary/aromatic N) is 1. The monoisotopic (exact) mass is 388 g/mol. The van der Waals surface area contributed by atoms with E-state index < -0.39 is 22.1 Å². The summed E-state index contributed by atoms with van der Waals surface area (Å²) in [6.07, 6.45) is -3.32. The number of nitrogens with two attached hydrogens (primary N) is 1. The first kappa shape index (κ1) is 21.0. The molecule has 24 heavy (non-hydrogen) atoms. The standard InChI is InChI=1S/C14H19F3N2O3S.ClH/c1-10-4-3-7-19(13(10)9-18)23(20,21)12-6-2-5-11(8-12)22-14(15,16)17;/h2,5-6,8,10,13H,3-4,7,9,18H2,1H3;1H. The van der Waals surface area contributed by atoms with Crippen LogP contribution < -0.4 is 10.5 Å². The molecule has 1 fully saturated rings. The smallest absolute Gasteiger partial charge is 0.406 e. The van der Waals surface area contributed by atoms with Crippen LogP contribution in [0.15, 0.2) is 29.2 Å². The van der Waals surface area contributed by atoms with Gasteiger partial charge in [0.1, 0.15) is 5.75 Å². The Morgan fingerprint density at radius 1 is 1.38 bits per heavy atom. The molecule has 2 unspecified atom stereocenters. The molecule has 0 aromatic heterocycles. The fraction of sp³-hybridized carbons (Fsp3) is 0.571. The van der Waals surface area contributed by atoms with Gasteiger partial charge < -0.3 is 10.5 Å². The topological polar surface area (TPSA) is 72.6 Å². The highest BCUT2D eigenvalue weighted by molar-refractivity contribution is 7.89. The van der Waals surface area contributed by atoms with Crippen molar-refractivity contribution < 1.29 is 26.3 Å². The Bertz CT molecular complexity index is 655. The summed E-state index contributed by atoms with van der Waals surface area (Å²) in [5.74, 6) is -0.467. The van der Waals surface area contributed by atoms with E-state index in [9.17, 15) is 21.6 Å². The summed E-state index contributed by atoms with van der Waals surface area (Å²) in [5.41, 5.74) is 5.69. The molecule has 1 aromatic rings. The summed E-state index contributed by atoms with van der Waals surface area (Å²) >= 11 is 0. The molecular weight excluding hydrogens is 369 g/mol. The molecule has 0 amide bonds. The van der Waals surface area contributed by atoms with Crippen LogP contribution >= 0.6 is 12.4 Å². The van der Waals surface area contributed by atoms with E-state index in [1.807, 2.05) is 6.92 Å². The molecule has 2 N–H and O–H groups in total. The molecule has 5 nitrogen and oxygen atoms in total. The van der Waals surface area contributed by atoms with E-state index in [4.69, 9.17) is 5.73 Å². The van der Waals surface area contributed by atoms with Crippen molar-refractivity contribution in [3.8, 4) is 5.75 Å². The minimum atomic E-state index is -4.87. The van der Waals surface area contributed by atoms with E-state index >= 15 is 0 Å². The molecule has 0 saturated carbocycles. The highest BCUT2D eigenvalue weighted by Gasteiger charge is 2.37. The van der Waals surface area contributed by atoms with Gasteiger partial charge in [0, 0.05) is 25.2 Å². The summed E-state index contributed by atoms with van der Waals surface area (Å²) in [6.45, 7) is 2.39. The molecule has 2 rings (SSSR count). The SMILES string of the molecule is CC1CCCN(S(=O)(=O)c2cccc(OC(F)(F)F)c2)C1CN.Cl. The van der Waals surface area contributed by atoms with Crippen molar-refractivity contribution in [2.45, 2.75) is 37.1 Å². The van der Waals surface area contributed by atoms with Gasteiger partial charge in [-0.1, -0.05) is 13.0 Å². The second-order valence-electron chi connectivity index (χ2n) is 5.56. The van der Waals surface area contributed by atoms with Crippen molar-refractivity contribution in [2.24, 2.45) is 11.7 Å². The molecule has 0 aliphatic carbocycles. The van der Waals surface area contributed by atoms with Crippen molar-refractivity contribution in [3.63, 3.8) is 0 Å². The maximum absolute atomic E-state index is 12.8. The number of hydrogen-bond acceptors (Lipinski definition) is 4. The Morgan fingerprint density at radius 2 is 2.04 bits per heavy atom. The third-order valence-electron chi connectivity index (χ3n) is 3.95. The summed E-state index contributed by atoms with van der Waals surface area (Å²) in [7, 11) is -3.93. The van der Waals surface area contributed by atoms with Gasteiger partial charge in [-0.05, 0) is 30.9 Å². The molecule has 0 bridgehead atoms. The van der Waals surface area contributed by atoms with Crippen LogP contribution in [0.25, 0.3) is 0 Å². The number of piperidine rings is 1. The first-order valence-electron chi connectivity index (χ1n) is 7.23. The van der Waals surface area contributed by atoms with Crippen LogP contribution in [0, 0.1) is 5.92 Å². The zero-order chi connectivity index (χ0) is 17.3. The maximum Gasteiger partial charge on any atom is 0.573 e. The van der Waals surface area contributed by atoms with Gasteiger partial charge in [0.05, 0.1) is 4.90 Å². The Labute approximate surface area is 145 Å². The van der Waals surface area contributed by atoms with Gasteiger partial charge in [0.25, 0.3) is 0 Å². The van der Waals surface area contributed by atoms with Crippen molar-refractivity contribution in [1.29, 1.82) is 0 Å². The van der Waals surface area contributed by atoms with Crippen molar-refractivity contribution in [3.05, 3.63) is 24.3 Å². The average Bonchev–Trinajstić information content (AvgIpc) is 2.45. The third-order valence-corrected chi connectivity index (χ3v) is 5.87. The number of benzene rings is 1. The lowest BCUT2D eigenvalue weighted by atomic mass is 9.93. The van der Waals surface area contributed by atoms with Gasteiger partial charge in [-0.15, -0.1) is 25.6 Å². The summed E-state index contributed by atoms with van der Waals surface area (Å²) < 4.78 is 67.5. The highest BCUT2D eigenvalue weighted by atomic mass is 35.5. The molecule has 2 atom stereocenters. The first-order chi connectivity index (χ1) is 10.6. The number of alkyl halides is 3. The molecular formula is C14H20ClF3N2O3S. The molecule has 1 aliphatic rings. The van der Waals surface area contributed by atoms with E-state index in [1.165, 1.54) is 16.4 Å². The first-order valence-corrected chi connectivity index (χ1v) is 8.67. The van der Waals surface area contributed by atoms with Crippen LogP contribution in [0.3, 0.4) is 0 Å². The number of hydrogen-bond donors (Lipinski definition) is 1. The second kappa shape index (κ2) is 7.90. The van der Waals surface area contributed by atoms with Gasteiger partial charge in [-0.25, -0.2) is 8.42 Å². The van der Waals surface area contributed by atoms with E-state index in [1.54, 1.807) is 0 Å². The number of sulfonamides is 1. The summed E-state index contributed by atoms with van der Waals surface area (Å²) in [5, 5.41) is 0. The van der Waals surface area contributed by atoms with Crippen molar-refractivity contribution in [1.82, 2.24) is 4.31 Å². The van der Waals surface area contributed by atoms with Gasteiger partial charge in [0.15, 0.2) is 0 Å². The minimum Gasteiger partial charge on any atom is -0.406 e. The van der Waals surface area contributed by atoms with Crippen LogP contribution in [0.2, 0.25) is 0 Å². The second-order valence-corrected chi connectivity index (χ2v) is 7.45. The quantitative estimate of drug-likeness (QED) is 0.860. The van der Waals surface area contributed by atoms with Crippen LogP contribution in [0.4, 0.5) is 13.2 Å². The molecule has 1 heterocycles. The predicted octanol–water partition coefficient (Wildman–Crippen LogP) is 2.75. The van der Waals surface area contributed by atoms with Gasteiger partial charge >= 0.3 is 6.36 Å². The third kappa shape index (κ3) is 4.75. The van der Waals surface area contributed by atoms with E-state index in [0.29, 0.717) is 13.0 Å². The Hall–Kier alpha value is -1.03. The number of ether oxygens (including phenoxy) is 1. The molecule has 1 aromatic carbocycles. The Kier molecular flexibility index (Phi) is 6.92. The zero-order valence-corrected chi connectivity index (χ0v) is 14.6. The van der Waals surface area contributed by atoms with Gasteiger partial charge in [0.2, 0.25) is 10.0 Å². The Morgan fingerprint density at radius 3 is 2.62 bits per heavy atom. The van der Waals surface area contributed by atoms with Crippen LogP contribution in [0.5, 0.6) is 5.75 Å². The number of halogens is 4. The molecule has 0 spiro atoms. The normalized spacial score (nSPS) is 22.7. The van der Waals surface area contributed by atoms with E-state index in [0.717, 1.165) is 18.6 Å². The van der Waals surface area contributed by atoms with Crippen molar-refractivity contribution in [2.75, 3.05) is 13.1 Å². The molecule has 138 valence electrons. The van der Waals surface area contributed by atoms with Crippen LogP contribution in [-0.2, 0) is 10.0 Å². The fourth-order valence-corrected chi connectivity index (χ4v) is 4.63. The van der Waals surface area contributed by atoms with E-state index in [2.05, 4.69) is 4.74 Å². The average molecular weight is 389 g/mol. The minimum absolute atomic E-state index is 0. The number of rotatable bonds is 4. The lowest BCUT2D eigenvalue weighted by Gasteiger charge is -2.38. The largest absolute Gasteiger partial charge is 0.573 e. The summed E-state index contributed by atoms with van der Waals surface area (Å²) in [6, 6.07) is 4.06. The molecule has 10 heteroatoms. The summed E-state index contributed by atoms with van der Waals surface area (Å²) in [4.78, 5) is -0.230. The lowest BCUT2D eigenvalue weighted by Crippen LogP contribution is -2.51. The van der Waals surface area contributed by atoms with Gasteiger partial charge in [-0.3, -0.25) is 0 Å². The molecule has 1 aliphatic heterocycles. The zero-order valence-electron chi connectivity index (χ0n) is 13.0. The highest BCUT2D eigenvalue weighted by Crippen LogP contribution is 2.31. The molecule has 0 radical (unpaired) electrons. The lowest BCUT2D eigenvalue weighted by molar-refractivity contribution is -0.274. The Balaban J connectivity index is 0.00000288. The van der Waals surface area contributed by atoms with E-state index in [-0.39, 0.29) is 35.8 Å².